The van der Waals surface area contributed by atoms with E-state index in [1.54, 1.807) is 6.07 Å². The predicted octanol–water partition coefficient (Wildman–Crippen LogP) is 6.02. The molecule has 0 aliphatic heterocycles. The summed E-state index contributed by atoms with van der Waals surface area (Å²) in [6.07, 6.45) is 0.639. The first-order chi connectivity index (χ1) is 10.3. The number of furan rings is 1. The van der Waals surface area contributed by atoms with Crippen LogP contribution in [-0.2, 0) is 13.0 Å². The molecule has 8 heteroatoms. The van der Waals surface area contributed by atoms with Crippen LogP contribution < -0.4 is 10.5 Å². The highest BCUT2D eigenvalue weighted by molar-refractivity contribution is 6.55. The summed E-state index contributed by atoms with van der Waals surface area (Å²) >= 11 is 30.0. The number of ether oxygens (including phenoxy) is 1. The molecule has 0 spiro atoms. The van der Waals surface area contributed by atoms with Crippen molar-refractivity contribution in [1.82, 2.24) is 0 Å². The molecular weight excluding hydrogens is 391 g/mol. The number of hydrogen-bond donors (Lipinski definition) is 1. The first kappa shape index (κ1) is 18.1. The molecule has 22 heavy (non-hydrogen) atoms. The standard InChI is InChI=1S/C14H12Cl5NO2/c1-6(20)4-7-2-3-8(22-7)5-21-14-12(18)10(16)9(15)11(17)13(14)19/h2-3,6H,4-5,20H2,1H3. The van der Waals surface area contributed by atoms with Crippen molar-refractivity contribution >= 4 is 58.0 Å². The third-order valence-electron chi connectivity index (χ3n) is 2.77. The Morgan fingerprint density at radius 1 is 0.955 bits per heavy atom. The zero-order valence-corrected chi connectivity index (χ0v) is 15.2. The molecule has 0 fully saturated rings. The van der Waals surface area contributed by atoms with E-state index in [2.05, 4.69) is 0 Å². The van der Waals surface area contributed by atoms with Crippen molar-refractivity contribution in [2.24, 2.45) is 5.73 Å². The second-order valence-corrected chi connectivity index (χ2v) is 6.63. The van der Waals surface area contributed by atoms with Gasteiger partial charge in [-0.05, 0) is 19.1 Å². The van der Waals surface area contributed by atoms with Gasteiger partial charge in [-0.2, -0.15) is 0 Å². The topological polar surface area (TPSA) is 48.4 Å². The number of benzene rings is 1. The molecule has 1 atom stereocenters. The van der Waals surface area contributed by atoms with Gasteiger partial charge < -0.3 is 14.9 Å². The molecule has 120 valence electrons. The van der Waals surface area contributed by atoms with Crippen molar-refractivity contribution in [2.75, 3.05) is 0 Å². The number of halogens is 5. The lowest BCUT2D eigenvalue weighted by Crippen LogP contribution is -2.17. The summed E-state index contributed by atoms with van der Waals surface area (Å²) in [5.41, 5.74) is 5.72. The lowest BCUT2D eigenvalue weighted by molar-refractivity contribution is 0.266. The average molecular weight is 404 g/mol. The molecule has 0 saturated heterocycles. The fourth-order valence-electron chi connectivity index (χ4n) is 1.78. The maximum Gasteiger partial charge on any atom is 0.160 e. The van der Waals surface area contributed by atoms with Gasteiger partial charge in [0.25, 0.3) is 0 Å². The summed E-state index contributed by atoms with van der Waals surface area (Å²) in [6.45, 7) is 2.02. The molecule has 1 aromatic heterocycles. The molecule has 1 heterocycles. The summed E-state index contributed by atoms with van der Waals surface area (Å²) in [4.78, 5) is 0. The van der Waals surface area contributed by atoms with Crippen LogP contribution in [0.25, 0.3) is 0 Å². The van der Waals surface area contributed by atoms with E-state index in [4.69, 9.17) is 72.9 Å². The highest BCUT2D eigenvalue weighted by Crippen LogP contribution is 2.48. The second kappa shape index (κ2) is 7.52. The minimum absolute atomic E-state index is 0.0117. The van der Waals surface area contributed by atoms with Gasteiger partial charge in [0.1, 0.15) is 28.2 Å². The Morgan fingerprint density at radius 2 is 1.45 bits per heavy atom. The molecule has 0 aliphatic carbocycles. The van der Waals surface area contributed by atoms with Crippen molar-refractivity contribution in [3.05, 3.63) is 48.8 Å². The van der Waals surface area contributed by atoms with E-state index >= 15 is 0 Å². The van der Waals surface area contributed by atoms with Gasteiger partial charge in [-0.1, -0.05) is 58.0 Å². The van der Waals surface area contributed by atoms with Gasteiger partial charge in [0.2, 0.25) is 0 Å². The van der Waals surface area contributed by atoms with Crippen LogP contribution >= 0.6 is 58.0 Å². The van der Waals surface area contributed by atoms with Crippen molar-refractivity contribution in [3.8, 4) is 5.75 Å². The summed E-state index contributed by atoms with van der Waals surface area (Å²) in [6, 6.07) is 3.64. The van der Waals surface area contributed by atoms with Gasteiger partial charge in [0.05, 0.1) is 15.1 Å². The van der Waals surface area contributed by atoms with Crippen molar-refractivity contribution in [2.45, 2.75) is 26.0 Å². The Kier molecular flexibility index (Phi) is 6.17. The maximum absolute atomic E-state index is 6.08. The third kappa shape index (κ3) is 3.97. The zero-order chi connectivity index (χ0) is 16.4. The monoisotopic (exact) mass is 401 g/mol. The van der Waals surface area contributed by atoms with Gasteiger partial charge >= 0.3 is 0 Å². The molecule has 1 aromatic carbocycles. The molecule has 0 bridgehead atoms. The Hall–Kier alpha value is -0.290. The van der Waals surface area contributed by atoms with Crippen LogP contribution in [0.3, 0.4) is 0 Å². The second-order valence-electron chi connectivity index (χ2n) is 4.74. The van der Waals surface area contributed by atoms with Crippen molar-refractivity contribution < 1.29 is 9.15 Å². The normalized spacial score (nSPS) is 12.5. The summed E-state index contributed by atoms with van der Waals surface area (Å²) in [7, 11) is 0. The molecule has 0 aliphatic rings. The minimum Gasteiger partial charge on any atom is -0.482 e. The molecule has 1 unspecified atom stereocenters. The minimum atomic E-state index is 0.0117. The first-order valence-corrected chi connectivity index (χ1v) is 8.17. The molecule has 2 N–H and O–H groups in total. The largest absolute Gasteiger partial charge is 0.482 e. The SMILES string of the molecule is CC(N)Cc1ccc(COc2c(Cl)c(Cl)c(Cl)c(Cl)c2Cl)o1. The van der Waals surface area contributed by atoms with Crippen LogP contribution in [0.5, 0.6) is 5.75 Å². The molecule has 0 radical (unpaired) electrons. The van der Waals surface area contributed by atoms with E-state index < -0.39 is 0 Å². The van der Waals surface area contributed by atoms with Crippen molar-refractivity contribution in [1.29, 1.82) is 0 Å². The first-order valence-electron chi connectivity index (χ1n) is 6.28. The fraction of sp³-hybridized carbons (Fsp3) is 0.286. The van der Waals surface area contributed by atoms with E-state index in [0.29, 0.717) is 12.2 Å². The molecule has 2 aromatic rings. The van der Waals surface area contributed by atoms with Gasteiger partial charge in [-0.15, -0.1) is 0 Å². The average Bonchev–Trinajstić information content (AvgIpc) is 2.89. The van der Waals surface area contributed by atoms with Crippen LogP contribution in [0.2, 0.25) is 25.1 Å². The molecular formula is C14H12Cl5NO2. The van der Waals surface area contributed by atoms with E-state index in [0.717, 1.165) is 5.76 Å². The molecule has 2 rings (SSSR count). The molecule has 3 nitrogen and oxygen atoms in total. The highest BCUT2D eigenvalue weighted by atomic mass is 35.5. The van der Waals surface area contributed by atoms with Gasteiger partial charge in [0.15, 0.2) is 5.75 Å². The Morgan fingerprint density at radius 3 is 2.00 bits per heavy atom. The Balaban J connectivity index is 2.17. The molecule has 0 saturated carbocycles. The zero-order valence-electron chi connectivity index (χ0n) is 11.4. The predicted molar refractivity (Wildman–Crippen MR) is 91.9 cm³/mol. The van der Waals surface area contributed by atoms with Gasteiger partial charge in [-0.3, -0.25) is 0 Å². The van der Waals surface area contributed by atoms with Crippen LogP contribution in [0.15, 0.2) is 16.5 Å². The van der Waals surface area contributed by atoms with E-state index in [9.17, 15) is 0 Å². The smallest absolute Gasteiger partial charge is 0.160 e. The highest BCUT2D eigenvalue weighted by Gasteiger charge is 2.21. The van der Waals surface area contributed by atoms with Crippen LogP contribution in [0.4, 0.5) is 0 Å². The Bertz CT molecular complexity index is 655. The van der Waals surface area contributed by atoms with Crippen LogP contribution in [0, 0.1) is 0 Å². The van der Waals surface area contributed by atoms with E-state index in [-0.39, 0.29) is 43.5 Å². The summed E-state index contributed by atoms with van der Waals surface area (Å²) in [5.74, 6) is 1.54. The van der Waals surface area contributed by atoms with Gasteiger partial charge in [-0.25, -0.2) is 0 Å². The third-order valence-corrected chi connectivity index (χ3v) is 5.01. The summed E-state index contributed by atoms with van der Waals surface area (Å²) < 4.78 is 11.2. The number of rotatable bonds is 5. The lowest BCUT2D eigenvalue weighted by atomic mass is 10.2. The Labute approximate surface area is 153 Å². The lowest BCUT2D eigenvalue weighted by Gasteiger charge is -2.12. The van der Waals surface area contributed by atoms with E-state index in [1.165, 1.54) is 0 Å². The quantitative estimate of drug-likeness (QED) is 0.491. The van der Waals surface area contributed by atoms with Crippen molar-refractivity contribution in [3.63, 3.8) is 0 Å². The number of nitrogens with two attached hydrogens (primary N) is 1. The van der Waals surface area contributed by atoms with Crippen LogP contribution in [-0.4, -0.2) is 6.04 Å². The summed E-state index contributed by atoms with van der Waals surface area (Å²) in [5, 5.41) is 0.462. The maximum atomic E-state index is 6.08. The fourth-order valence-corrected chi connectivity index (χ4v) is 3.01. The molecule has 0 amide bonds. The number of hydrogen-bond acceptors (Lipinski definition) is 3. The van der Waals surface area contributed by atoms with E-state index in [1.807, 2.05) is 13.0 Å². The van der Waals surface area contributed by atoms with Gasteiger partial charge in [0, 0.05) is 12.5 Å². The van der Waals surface area contributed by atoms with Crippen LogP contribution in [0.1, 0.15) is 18.4 Å².